The minimum Gasteiger partial charge on any atom is -0.379 e. The third kappa shape index (κ3) is 5.01. The standard InChI is InChI=1S/C20H23N5O4S2/c1-15(16-2-4-17(5-3-16)25-14-21-13-22-25)23-19(26)12-18-6-7-20(30-18)31(27,28)24-8-10-29-11-9-24/h2-7,13-15H,8-12H2,1H3,(H,23,26)/t15-/m1/s1. The van der Waals surface area contributed by atoms with Gasteiger partial charge in [-0.25, -0.2) is 18.1 Å². The molecule has 4 rings (SSSR count). The van der Waals surface area contributed by atoms with E-state index in [1.54, 1.807) is 23.1 Å². The molecule has 1 fully saturated rings. The third-order valence-electron chi connectivity index (χ3n) is 4.99. The number of thiophene rings is 1. The summed E-state index contributed by atoms with van der Waals surface area (Å²) in [6, 6.07) is 10.8. The summed E-state index contributed by atoms with van der Waals surface area (Å²) in [5.74, 6) is -0.162. The smallest absolute Gasteiger partial charge is 0.252 e. The highest BCUT2D eigenvalue weighted by Gasteiger charge is 2.28. The first-order chi connectivity index (χ1) is 14.9. The molecule has 1 aliphatic heterocycles. The minimum absolute atomic E-state index is 0.130. The lowest BCUT2D eigenvalue weighted by molar-refractivity contribution is -0.121. The fourth-order valence-corrected chi connectivity index (χ4v) is 6.21. The number of hydrogen-bond donors (Lipinski definition) is 1. The van der Waals surface area contributed by atoms with Gasteiger partial charge in [-0.3, -0.25) is 4.79 Å². The van der Waals surface area contributed by atoms with Gasteiger partial charge >= 0.3 is 0 Å². The molecule has 1 N–H and O–H groups in total. The van der Waals surface area contributed by atoms with E-state index in [1.807, 2.05) is 31.2 Å². The summed E-state index contributed by atoms with van der Waals surface area (Å²) in [7, 11) is -3.54. The molecule has 1 amide bonds. The molecule has 0 unspecified atom stereocenters. The van der Waals surface area contributed by atoms with Crippen molar-refractivity contribution in [2.45, 2.75) is 23.6 Å². The normalized spacial score (nSPS) is 16.2. The number of amides is 1. The van der Waals surface area contributed by atoms with Crippen molar-refractivity contribution in [3.05, 3.63) is 59.5 Å². The molecule has 11 heteroatoms. The van der Waals surface area contributed by atoms with E-state index in [9.17, 15) is 13.2 Å². The second-order valence-electron chi connectivity index (χ2n) is 7.13. The van der Waals surface area contributed by atoms with Gasteiger partial charge in [-0.1, -0.05) is 12.1 Å². The monoisotopic (exact) mass is 461 g/mol. The van der Waals surface area contributed by atoms with Gasteiger partial charge in [0.05, 0.1) is 31.4 Å². The van der Waals surface area contributed by atoms with Crippen LogP contribution in [-0.2, 0) is 26.0 Å². The van der Waals surface area contributed by atoms with E-state index in [4.69, 9.17) is 4.74 Å². The van der Waals surface area contributed by atoms with E-state index in [-0.39, 0.29) is 22.6 Å². The van der Waals surface area contributed by atoms with Crippen LogP contribution in [-0.4, -0.2) is 59.7 Å². The van der Waals surface area contributed by atoms with Gasteiger partial charge in [0, 0.05) is 18.0 Å². The Kier molecular flexibility index (Phi) is 6.46. The van der Waals surface area contributed by atoms with Crippen LogP contribution in [0.15, 0.2) is 53.3 Å². The number of benzene rings is 1. The summed E-state index contributed by atoms with van der Waals surface area (Å²) in [6.07, 6.45) is 3.22. The maximum absolute atomic E-state index is 12.7. The first kappa shape index (κ1) is 21.6. The van der Waals surface area contributed by atoms with E-state index >= 15 is 0 Å². The molecule has 9 nitrogen and oxygen atoms in total. The number of rotatable bonds is 7. The zero-order chi connectivity index (χ0) is 21.8. The van der Waals surface area contributed by atoms with Crippen molar-refractivity contribution in [2.75, 3.05) is 26.3 Å². The Labute approximate surface area is 184 Å². The molecule has 0 spiro atoms. The average molecular weight is 462 g/mol. The fourth-order valence-electron chi connectivity index (χ4n) is 3.30. The van der Waals surface area contributed by atoms with E-state index in [1.165, 1.54) is 10.6 Å². The van der Waals surface area contributed by atoms with Crippen LogP contribution in [0.4, 0.5) is 0 Å². The van der Waals surface area contributed by atoms with Gasteiger partial charge in [0.1, 0.15) is 16.9 Å². The molecule has 0 aliphatic carbocycles. The van der Waals surface area contributed by atoms with E-state index in [0.29, 0.717) is 31.2 Å². The zero-order valence-corrected chi connectivity index (χ0v) is 18.6. The summed E-state index contributed by atoms with van der Waals surface area (Å²) in [6.45, 7) is 3.41. The number of morpholine rings is 1. The first-order valence-electron chi connectivity index (χ1n) is 9.84. The lowest BCUT2D eigenvalue weighted by atomic mass is 10.1. The Balaban J connectivity index is 1.35. The Bertz CT molecular complexity index is 1120. The van der Waals surface area contributed by atoms with Gasteiger partial charge in [-0.15, -0.1) is 11.3 Å². The molecule has 0 radical (unpaired) electrons. The topological polar surface area (TPSA) is 106 Å². The van der Waals surface area contributed by atoms with Crippen LogP contribution in [0.5, 0.6) is 0 Å². The molecule has 1 saturated heterocycles. The van der Waals surface area contributed by atoms with Crippen molar-refractivity contribution in [3.63, 3.8) is 0 Å². The van der Waals surface area contributed by atoms with Crippen LogP contribution >= 0.6 is 11.3 Å². The van der Waals surface area contributed by atoms with Gasteiger partial charge in [0.15, 0.2) is 0 Å². The number of carbonyl (C=O) groups is 1. The minimum atomic E-state index is -3.54. The molecule has 1 aliphatic rings. The molecule has 0 bridgehead atoms. The van der Waals surface area contributed by atoms with Crippen LogP contribution in [0, 0.1) is 0 Å². The number of nitrogens with zero attached hydrogens (tertiary/aromatic N) is 4. The number of ether oxygens (including phenoxy) is 1. The third-order valence-corrected chi connectivity index (χ3v) is 8.44. The second kappa shape index (κ2) is 9.27. The van der Waals surface area contributed by atoms with Gasteiger partial charge in [0.2, 0.25) is 5.91 Å². The Morgan fingerprint density at radius 1 is 1.19 bits per heavy atom. The molecular formula is C20H23N5O4S2. The summed E-state index contributed by atoms with van der Waals surface area (Å²) in [4.78, 5) is 17.1. The molecule has 1 aromatic carbocycles. The van der Waals surface area contributed by atoms with Crippen molar-refractivity contribution < 1.29 is 17.9 Å². The quantitative estimate of drug-likeness (QED) is 0.575. The average Bonchev–Trinajstić information content (AvgIpc) is 3.47. The predicted molar refractivity (Wildman–Crippen MR) is 116 cm³/mol. The second-order valence-corrected chi connectivity index (χ2v) is 10.5. The molecule has 3 aromatic rings. The van der Waals surface area contributed by atoms with Gasteiger partial charge in [0.25, 0.3) is 10.0 Å². The molecule has 3 heterocycles. The Hall–Kier alpha value is -2.60. The van der Waals surface area contributed by atoms with Crippen molar-refractivity contribution in [2.24, 2.45) is 0 Å². The number of carbonyl (C=O) groups excluding carboxylic acids is 1. The van der Waals surface area contributed by atoms with Crippen molar-refractivity contribution >= 4 is 27.3 Å². The van der Waals surface area contributed by atoms with Crippen molar-refractivity contribution in [3.8, 4) is 5.69 Å². The zero-order valence-electron chi connectivity index (χ0n) is 17.0. The van der Waals surface area contributed by atoms with Crippen LogP contribution in [0.1, 0.15) is 23.4 Å². The van der Waals surface area contributed by atoms with Crippen molar-refractivity contribution in [1.82, 2.24) is 24.4 Å². The Morgan fingerprint density at radius 2 is 1.94 bits per heavy atom. The number of aromatic nitrogens is 3. The van der Waals surface area contributed by atoms with Gasteiger partial charge < -0.3 is 10.1 Å². The van der Waals surface area contributed by atoms with E-state index < -0.39 is 10.0 Å². The first-order valence-corrected chi connectivity index (χ1v) is 12.1. The highest BCUT2D eigenvalue weighted by Crippen LogP contribution is 2.26. The van der Waals surface area contributed by atoms with Crippen LogP contribution < -0.4 is 5.32 Å². The lowest BCUT2D eigenvalue weighted by Crippen LogP contribution is -2.40. The maximum atomic E-state index is 12.7. The van der Waals surface area contributed by atoms with Crippen LogP contribution in [0.3, 0.4) is 0 Å². The summed E-state index contributed by atoms with van der Waals surface area (Å²) >= 11 is 1.14. The molecule has 1 atom stereocenters. The summed E-state index contributed by atoms with van der Waals surface area (Å²) in [5.41, 5.74) is 1.84. The van der Waals surface area contributed by atoms with Crippen LogP contribution in [0.2, 0.25) is 0 Å². The van der Waals surface area contributed by atoms with E-state index in [0.717, 1.165) is 22.6 Å². The summed E-state index contributed by atoms with van der Waals surface area (Å²) in [5, 5.41) is 7.06. The molecule has 2 aromatic heterocycles. The largest absolute Gasteiger partial charge is 0.379 e. The maximum Gasteiger partial charge on any atom is 0.252 e. The van der Waals surface area contributed by atoms with Gasteiger partial charge in [-0.05, 0) is 36.8 Å². The predicted octanol–water partition coefficient (Wildman–Crippen LogP) is 1.77. The number of nitrogens with one attached hydrogen (secondary N) is 1. The van der Waals surface area contributed by atoms with Gasteiger partial charge in [-0.2, -0.15) is 9.40 Å². The number of sulfonamides is 1. The Morgan fingerprint density at radius 3 is 2.61 bits per heavy atom. The fraction of sp³-hybridized carbons (Fsp3) is 0.350. The SMILES string of the molecule is C[C@@H](NC(=O)Cc1ccc(S(=O)(=O)N2CCOCC2)s1)c1ccc(-n2cncn2)cc1. The highest BCUT2D eigenvalue weighted by atomic mass is 32.2. The van der Waals surface area contributed by atoms with E-state index in [2.05, 4.69) is 15.4 Å². The lowest BCUT2D eigenvalue weighted by Gasteiger charge is -2.25. The molecule has 164 valence electrons. The summed E-state index contributed by atoms with van der Waals surface area (Å²) < 4.78 is 34.0. The van der Waals surface area contributed by atoms with Crippen molar-refractivity contribution in [1.29, 1.82) is 0 Å². The number of hydrogen-bond acceptors (Lipinski definition) is 7. The molecular weight excluding hydrogens is 438 g/mol. The molecule has 31 heavy (non-hydrogen) atoms. The molecule has 0 saturated carbocycles. The highest BCUT2D eigenvalue weighted by molar-refractivity contribution is 7.91. The van der Waals surface area contributed by atoms with Crippen LogP contribution in [0.25, 0.3) is 5.69 Å².